The minimum atomic E-state index is -3.71. The number of piperazine rings is 1. The average Bonchev–Trinajstić information content (AvgIpc) is 2.77. The Kier molecular flexibility index (Phi) is 7.78. The molecule has 1 saturated heterocycles. The molecule has 0 spiro atoms. The van der Waals surface area contributed by atoms with Crippen molar-refractivity contribution in [1.82, 2.24) is 9.21 Å². The van der Waals surface area contributed by atoms with E-state index >= 15 is 0 Å². The van der Waals surface area contributed by atoms with Gasteiger partial charge in [0.15, 0.2) is 0 Å². The smallest absolute Gasteiger partial charge is 0.245 e. The van der Waals surface area contributed by atoms with Crippen molar-refractivity contribution in [2.45, 2.75) is 18.7 Å². The number of sulfonamides is 2. The van der Waals surface area contributed by atoms with Crippen molar-refractivity contribution in [3.63, 3.8) is 0 Å². The molecule has 1 aliphatic rings. The summed E-state index contributed by atoms with van der Waals surface area (Å²) in [6.45, 7) is 6.42. The van der Waals surface area contributed by atoms with Crippen LogP contribution in [-0.2, 0) is 24.8 Å². The van der Waals surface area contributed by atoms with Gasteiger partial charge < -0.3 is 10.2 Å². The largest absolute Gasteiger partial charge is 0.324 e. The van der Waals surface area contributed by atoms with Gasteiger partial charge in [-0.05, 0) is 43.3 Å². The van der Waals surface area contributed by atoms with Gasteiger partial charge >= 0.3 is 0 Å². The van der Waals surface area contributed by atoms with Gasteiger partial charge in [0.2, 0.25) is 26.0 Å². The van der Waals surface area contributed by atoms with Crippen LogP contribution in [0.5, 0.6) is 0 Å². The van der Waals surface area contributed by atoms with E-state index in [1.165, 1.54) is 16.4 Å². The molecule has 1 heterocycles. The number of likely N-dealkylation sites (N-methyl/N-ethyl adjacent to an activating group) is 1. The molecule has 1 aliphatic heterocycles. The zero-order chi connectivity index (χ0) is 24.2. The maximum atomic E-state index is 13.1. The fourth-order valence-corrected chi connectivity index (χ4v) is 6.11. The monoisotopic (exact) mass is 494 g/mol. The standard InChI is InChI=1S/C22H30N4O5S2/c1-4-24-12-14-25(15-13-24)33(30,31)20-10-7-9-19(16-20)23-22(27)17-26(32(3,28)29)21-11-6-5-8-18(21)2/h5-11,16H,4,12-15,17H2,1-3H3,(H,23,27). The summed E-state index contributed by atoms with van der Waals surface area (Å²) in [6.07, 6.45) is 1.04. The van der Waals surface area contributed by atoms with Crippen molar-refractivity contribution in [1.29, 1.82) is 0 Å². The third kappa shape index (κ3) is 6.11. The molecule has 1 fully saturated rings. The van der Waals surface area contributed by atoms with Crippen molar-refractivity contribution in [2.75, 3.05) is 55.1 Å². The Morgan fingerprint density at radius 1 is 1.00 bits per heavy atom. The maximum Gasteiger partial charge on any atom is 0.245 e. The zero-order valence-corrected chi connectivity index (χ0v) is 20.7. The van der Waals surface area contributed by atoms with E-state index in [9.17, 15) is 21.6 Å². The molecule has 2 aromatic carbocycles. The molecule has 0 saturated carbocycles. The molecule has 9 nitrogen and oxygen atoms in total. The molecule has 1 amide bonds. The second-order valence-electron chi connectivity index (χ2n) is 7.97. The lowest BCUT2D eigenvalue weighted by Crippen LogP contribution is -2.48. The van der Waals surface area contributed by atoms with Crippen LogP contribution in [0.2, 0.25) is 0 Å². The molecule has 180 valence electrons. The second kappa shape index (κ2) is 10.2. The van der Waals surface area contributed by atoms with Gasteiger partial charge in [0, 0.05) is 31.9 Å². The fourth-order valence-electron chi connectivity index (χ4n) is 3.72. The van der Waals surface area contributed by atoms with E-state index in [1.807, 2.05) is 6.92 Å². The third-order valence-electron chi connectivity index (χ3n) is 5.61. The second-order valence-corrected chi connectivity index (χ2v) is 11.8. The number of hydrogen-bond donors (Lipinski definition) is 1. The van der Waals surface area contributed by atoms with Crippen LogP contribution in [0.4, 0.5) is 11.4 Å². The van der Waals surface area contributed by atoms with Gasteiger partial charge in [-0.1, -0.05) is 31.2 Å². The molecular formula is C22H30N4O5S2. The van der Waals surface area contributed by atoms with Gasteiger partial charge in [0.25, 0.3) is 0 Å². The molecule has 0 radical (unpaired) electrons. The van der Waals surface area contributed by atoms with E-state index in [0.29, 0.717) is 37.4 Å². The number of nitrogens with one attached hydrogen (secondary N) is 1. The lowest BCUT2D eigenvalue weighted by Gasteiger charge is -2.33. The first-order chi connectivity index (χ1) is 15.5. The van der Waals surface area contributed by atoms with Crippen LogP contribution in [-0.4, -0.2) is 77.5 Å². The Bertz CT molecular complexity index is 1210. The number of carbonyl (C=O) groups is 1. The van der Waals surface area contributed by atoms with Crippen LogP contribution in [0.25, 0.3) is 0 Å². The van der Waals surface area contributed by atoms with Gasteiger partial charge in [-0.2, -0.15) is 4.31 Å². The number of rotatable bonds is 8. The summed E-state index contributed by atoms with van der Waals surface area (Å²) in [5, 5.41) is 2.63. The summed E-state index contributed by atoms with van der Waals surface area (Å²) >= 11 is 0. The number of aryl methyl sites for hydroxylation is 1. The van der Waals surface area contributed by atoms with E-state index in [4.69, 9.17) is 0 Å². The number of carbonyl (C=O) groups excluding carboxylic acids is 1. The van der Waals surface area contributed by atoms with Gasteiger partial charge in [-0.15, -0.1) is 0 Å². The van der Waals surface area contributed by atoms with E-state index in [-0.39, 0.29) is 10.6 Å². The van der Waals surface area contributed by atoms with Crippen LogP contribution in [0, 0.1) is 6.92 Å². The van der Waals surface area contributed by atoms with Crippen molar-refractivity contribution in [3.05, 3.63) is 54.1 Å². The van der Waals surface area contributed by atoms with Gasteiger partial charge in [-0.3, -0.25) is 9.10 Å². The molecule has 0 aliphatic carbocycles. The highest BCUT2D eigenvalue weighted by molar-refractivity contribution is 7.92. The Labute approximate surface area is 196 Å². The first kappa shape index (κ1) is 25.2. The van der Waals surface area contributed by atoms with Gasteiger partial charge in [-0.25, -0.2) is 16.8 Å². The van der Waals surface area contributed by atoms with Crippen LogP contribution in [0.1, 0.15) is 12.5 Å². The topological polar surface area (TPSA) is 107 Å². The quantitative estimate of drug-likeness (QED) is 0.599. The number of benzene rings is 2. The van der Waals surface area contributed by atoms with E-state index in [1.54, 1.807) is 43.3 Å². The minimum Gasteiger partial charge on any atom is -0.324 e. The summed E-state index contributed by atoms with van der Waals surface area (Å²) in [6, 6.07) is 12.9. The van der Waals surface area contributed by atoms with Gasteiger partial charge in [0.05, 0.1) is 16.8 Å². The summed E-state index contributed by atoms with van der Waals surface area (Å²) in [4.78, 5) is 15.0. The van der Waals surface area contributed by atoms with Crippen LogP contribution in [0.15, 0.2) is 53.4 Å². The summed E-state index contributed by atoms with van der Waals surface area (Å²) in [5.74, 6) is -0.574. The molecule has 33 heavy (non-hydrogen) atoms. The van der Waals surface area contributed by atoms with Crippen molar-refractivity contribution >= 4 is 37.3 Å². The zero-order valence-electron chi connectivity index (χ0n) is 19.1. The van der Waals surface area contributed by atoms with Crippen molar-refractivity contribution in [2.24, 2.45) is 0 Å². The Morgan fingerprint density at radius 3 is 2.27 bits per heavy atom. The van der Waals surface area contributed by atoms with Crippen LogP contribution >= 0.6 is 0 Å². The molecule has 0 unspecified atom stereocenters. The highest BCUT2D eigenvalue weighted by Gasteiger charge is 2.28. The highest BCUT2D eigenvalue weighted by atomic mass is 32.2. The van der Waals surface area contributed by atoms with E-state index < -0.39 is 32.5 Å². The van der Waals surface area contributed by atoms with Crippen molar-refractivity contribution < 1.29 is 21.6 Å². The van der Waals surface area contributed by atoms with Crippen molar-refractivity contribution in [3.8, 4) is 0 Å². The molecule has 11 heteroatoms. The molecule has 0 aromatic heterocycles. The van der Waals surface area contributed by atoms with Crippen LogP contribution in [0.3, 0.4) is 0 Å². The summed E-state index contributed by atoms with van der Waals surface area (Å²) in [5.41, 5.74) is 1.41. The fraction of sp³-hybridized carbons (Fsp3) is 0.409. The molecule has 3 rings (SSSR count). The van der Waals surface area contributed by atoms with Gasteiger partial charge in [0.1, 0.15) is 6.54 Å². The lowest BCUT2D eigenvalue weighted by atomic mass is 10.2. The Hall–Kier alpha value is -2.47. The number of hydrogen-bond acceptors (Lipinski definition) is 6. The Balaban J connectivity index is 1.75. The maximum absolute atomic E-state index is 13.1. The molecular weight excluding hydrogens is 464 g/mol. The number of amides is 1. The normalized spacial score (nSPS) is 15.8. The molecule has 2 aromatic rings. The predicted molar refractivity (Wildman–Crippen MR) is 129 cm³/mol. The minimum absolute atomic E-state index is 0.0871. The number of nitrogens with zero attached hydrogens (tertiary/aromatic N) is 3. The number of anilines is 2. The molecule has 1 N–H and O–H groups in total. The van der Waals surface area contributed by atoms with Crippen LogP contribution < -0.4 is 9.62 Å². The molecule has 0 atom stereocenters. The SMILES string of the molecule is CCN1CCN(S(=O)(=O)c2cccc(NC(=O)CN(c3ccccc3C)S(C)(=O)=O)c2)CC1. The molecule has 0 bridgehead atoms. The lowest BCUT2D eigenvalue weighted by molar-refractivity contribution is -0.114. The average molecular weight is 495 g/mol. The summed E-state index contributed by atoms with van der Waals surface area (Å²) in [7, 11) is -7.41. The number of para-hydroxylation sites is 1. The van der Waals surface area contributed by atoms with E-state index in [2.05, 4.69) is 10.2 Å². The first-order valence-electron chi connectivity index (χ1n) is 10.7. The third-order valence-corrected chi connectivity index (χ3v) is 8.63. The summed E-state index contributed by atoms with van der Waals surface area (Å²) < 4.78 is 53.3. The highest BCUT2D eigenvalue weighted by Crippen LogP contribution is 2.23. The Morgan fingerprint density at radius 2 is 1.67 bits per heavy atom. The van der Waals surface area contributed by atoms with E-state index in [0.717, 1.165) is 17.1 Å². The predicted octanol–water partition coefficient (Wildman–Crippen LogP) is 1.73. The first-order valence-corrected chi connectivity index (χ1v) is 14.0.